The van der Waals surface area contributed by atoms with Crippen LogP contribution in [0.2, 0.25) is 0 Å². The van der Waals surface area contributed by atoms with Crippen molar-refractivity contribution in [1.82, 2.24) is 4.90 Å². The molecule has 2 heterocycles. The van der Waals surface area contributed by atoms with Gasteiger partial charge < -0.3 is 10.6 Å². The van der Waals surface area contributed by atoms with Crippen LogP contribution in [-0.4, -0.2) is 29.6 Å². The second-order valence-corrected chi connectivity index (χ2v) is 6.97. The number of amides is 1. The normalized spacial score (nSPS) is 23.9. The fourth-order valence-corrected chi connectivity index (χ4v) is 3.82. The maximum Gasteiger partial charge on any atom is 0.223 e. The number of piperidine rings is 1. The number of nitrogens with zero attached hydrogens (tertiary/aromatic N) is 3. The quantitative estimate of drug-likeness (QED) is 0.775. The summed E-state index contributed by atoms with van der Waals surface area (Å²) in [6, 6.07) is 10.3. The van der Waals surface area contributed by atoms with Gasteiger partial charge in [0.05, 0.1) is 6.04 Å². The molecule has 5 nitrogen and oxygen atoms in total. The molecule has 1 amide bonds. The molecule has 1 aromatic rings. The molecule has 0 aliphatic carbocycles. The Kier molecular flexibility index (Phi) is 5.50. The smallest absolute Gasteiger partial charge is 0.223 e. The topological polar surface area (TPSA) is 71.0 Å². The van der Waals surface area contributed by atoms with Crippen molar-refractivity contribution in [2.24, 2.45) is 21.9 Å². The highest BCUT2D eigenvalue weighted by atomic mass is 16.2. The van der Waals surface area contributed by atoms with Crippen LogP contribution in [0.3, 0.4) is 0 Å². The Hall–Kier alpha value is -2.19. The summed E-state index contributed by atoms with van der Waals surface area (Å²) < 4.78 is 0. The maximum atomic E-state index is 13.0. The molecule has 2 atom stereocenters. The van der Waals surface area contributed by atoms with Crippen LogP contribution in [0.4, 0.5) is 0 Å². The molecule has 2 aliphatic heterocycles. The average molecular weight is 338 g/mol. The zero-order valence-corrected chi connectivity index (χ0v) is 14.6. The van der Waals surface area contributed by atoms with Crippen LogP contribution < -0.4 is 5.73 Å². The molecule has 1 fully saturated rings. The second-order valence-electron chi connectivity index (χ2n) is 6.97. The van der Waals surface area contributed by atoms with Gasteiger partial charge in [0.15, 0.2) is 5.66 Å². The van der Waals surface area contributed by atoms with Crippen molar-refractivity contribution >= 4 is 5.91 Å². The Morgan fingerprint density at radius 1 is 1.32 bits per heavy atom. The number of nitrogens with two attached hydrogens (primary N) is 1. The first-order valence-electron chi connectivity index (χ1n) is 9.11. The monoisotopic (exact) mass is 338 g/mol. The van der Waals surface area contributed by atoms with Crippen LogP contribution in [0.1, 0.15) is 50.1 Å². The van der Waals surface area contributed by atoms with Crippen LogP contribution >= 0.6 is 0 Å². The van der Waals surface area contributed by atoms with Crippen molar-refractivity contribution in [2.75, 3.05) is 13.1 Å². The van der Waals surface area contributed by atoms with E-state index in [9.17, 15) is 4.79 Å². The zero-order chi connectivity index (χ0) is 17.7. The third-order valence-electron chi connectivity index (χ3n) is 5.31. The van der Waals surface area contributed by atoms with Gasteiger partial charge in [-0.1, -0.05) is 30.3 Å². The SMILES string of the molecule is C#CCCC1(CCC(=O)N2CCC[C@@H](CN)[C@H]2c2ccccc2)N=N1. The molecule has 0 unspecified atom stereocenters. The number of carbonyl (C=O) groups excluding carboxylic acids is 1. The maximum absolute atomic E-state index is 13.0. The standard InChI is InChI=1S/C20H26N4O/c1-2-3-12-20(22-23-20)13-11-18(25)24-14-7-10-17(15-21)19(24)16-8-5-4-6-9-16/h1,4-6,8-9,17,19H,3,7,10-15,21H2/t17-,19+/m0/s1. The van der Waals surface area contributed by atoms with E-state index in [2.05, 4.69) is 28.3 Å². The summed E-state index contributed by atoms with van der Waals surface area (Å²) in [5.41, 5.74) is 6.79. The first kappa shape index (κ1) is 17.6. The summed E-state index contributed by atoms with van der Waals surface area (Å²) in [7, 11) is 0. The lowest BCUT2D eigenvalue weighted by molar-refractivity contribution is -0.137. The van der Waals surface area contributed by atoms with Crippen molar-refractivity contribution in [3.63, 3.8) is 0 Å². The van der Waals surface area contributed by atoms with Gasteiger partial charge in [0.2, 0.25) is 5.91 Å². The van der Waals surface area contributed by atoms with E-state index in [-0.39, 0.29) is 11.9 Å². The van der Waals surface area contributed by atoms with E-state index in [4.69, 9.17) is 12.2 Å². The van der Waals surface area contributed by atoms with E-state index in [1.807, 2.05) is 23.1 Å². The van der Waals surface area contributed by atoms with Crippen LogP contribution in [0.25, 0.3) is 0 Å². The predicted molar refractivity (Wildman–Crippen MR) is 97.6 cm³/mol. The highest BCUT2D eigenvalue weighted by Crippen LogP contribution is 2.40. The number of rotatable bonds is 7. The predicted octanol–water partition coefficient (Wildman–Crippen LogP) is 3.28. The molecular formula is C20H26N4O. The van der Waals surface area contributed by atoms with E-state index < -0.39 is 5.66 Å². The minimum Gasteiger partial charge on any atom is -0.335 e. The van der Waals surface area contributed by atoms with E-state index in [0.29, 0.717) is 31.7 Å². The van der Waals surface area contributed by atoms with Crippen molar-refractivity contribution < 1.29 is 4.79 Å². The summed E-state index contributed by atoms with van der Waals surface area (Å²) >= 11 is 0. The third kappa shape index (κ3) is 4.08. The molecule has 1 aromatic carbocycles. The van der Waals surface area contributed by atoms with E-state index in [1.165, 1.54) is 5.56 Å². The number of likely N-dealkylation sites (tertiary alicyclic amines) is 1. The van der Waals surface area contributed by atoms with Gasteiger partial charge >= 0.3 is 0 Å². The molecule has 2 aliphatic rings. The molecule has 1 saturated heterocycles. The van der Waals surface area contributed by atoms with Gasteiger partial charge in [0.1, 0.15) is 0 Å². The fraction of sp³-hybridized carbons (Fsp3) is 0.550. The molecule has 2 N–H and O–H groups in total. The van der Waals surface area contributed by atoms with E-state index >= 15 is 0 Å². The lowest BCUT2D eigenvalue weighted by Crippen LogP contribution is -2.45. The molecule has 0 radical (unpaired) electrons. The number of hydrogen-bond acceptors (Lipinski definition) is 4. The lowest BCUT2D eigenvalue weighted by Gasteiger charge is -2.41. The first-order chi connectivity index (χ1) is 12.2. The van der Waals surface area contributed by atoms with Crippen molar-refractivity contribution in [1.29, 1.82) is 0 Å². The van der Waals surface area contributed by atoms with Gasteiger partial charge in [-0.05, 0) is 30.9 Å². The minimum atomic E-state index is -0.396. The Bertz CT molecular complexity index is 658. The minimum absolute atomic E-state index is 0.0715. The molecule has 25 heavy (non-hydrogen) atoms. The Balaban J connectivity index is 1.68. The van der Waals surface area contributed by atoms with Crippen LogP contribution in [0.5, 0.6) is 0 Å². The summed E-state index contributed by atoms with van der Waals surface area (Å²) in [4.78, 5) is 15.0. The molecule has 0 spiro atoms. The van der Waals surface area contributed by atoms with Gasteiger partial charge in [-0.2, -0.15) is 10.2 Å². The van der Waals surface area contributed by atoms with Crippen molar-refractivity contribution in [2.45, 2.75) is 50.2 Å². The Labute approximate surface area is 149 Å². The number of carbonyl (C=O) groups is 1. The van der Waals surface area contributed by atoms with E-state index in [0.717, 1.165) is 25.8 Å². The van der Waals surface area contributed by atoms with Gasteiger partial charge in [-0.3, -0.25) is 4.79 Å². The summed E-state index contributed by atoms with van der Waals surface area (Å²) in [6.07, 6.45) is 9.90. The lowest BCUT2D eigenvalue weighted by atomic mass is 9.84. The van der Waals surface area contributed by atoms with Gasteiger partial charge in [-0.15, -0.1) is 12.3 Å². The molecule has 5 heteroatoms. The molecule has 0 aromatic heterocycles. The Morgan fingerprint density at radius 2 is 2.08 bits per heavy atom. The summed E-state index contributed by atoms with van der Waals surface area (Å²) in [5, 5.41) is 8.27. The molecule has 0 saturated carbocycles. The highest BCUT2D eigenvalue weighted by Gasteiger charge is 2.41. The molecule has 0 bridgehead atoms. The number of benzene rings is 1. The molecular weight excluding hydrogens is 312 g/mol. The van der Waals surface area contributed by atoms with Crippen LogP contribution in [-0.2, 0) is 4.79 Å². The summed E-state index contributed by atoms with van der Waals surface area (Å²) in [6.45, 7) is 1.39. The molecule has 132 valence electrons. The fourth-order valence-electron chi connectivity index (χ4n) is 3.82. The van der Waals surface area contributed by atoms with Gasteiger partial charge in [0, 0.05) is 32.2 Å². The summed E-state index contributed by atoms with van der Waals surface area (Å²) in [5.74, 6) is 3.11. The third-order valence-corrected chi connectivity index (χ3v) is 5.31. The van der Waals surface area contributed by atoms with Crippen LogP contribution in [0.15, 0.2) is 40.6 Å². The number of terminal acetylenes is 1. The van der Waals surface area contributed by atoms with Crippen LogP contribution in [0, 0.1) is 18.3 Å². The highest BCUT2D eigenvalue weighted by molar-refractivity contribution is 5.77. The van der Waals surface area contributed by atoms with E-state index in [1.54, 1.807) is 0 Å². The first-order valence-corrected chi connectivity index (χ1v) is 9.11. The van der Waals surface area contributed by atoms with Crippen molar-refractivity contribution in [3.05, 3.63) is 35.9 Å². The second kappa shape index (κ2) is 7.79. The largest absolute Gasteiger partial charge is 0.335 e. The molecule has 3 rings (SSSR count). The van der Waals surface area contributed by atoms with Crippen molar-refractivity contribution in [3.8, 4) is 12.3 Å². The Morgan fingerprint density at radius 3 is 2.72 bits per heavy atom. The average Bonchev–Trinajstić information content (AvgIpc) is 3.44. The zero-order valence-electron chi connectivity index (χ0n) is 14.6. The number of hydrogen-bond donors (Lipinski definition) is 1. The van der Waals surface area contributed by atoms with Gasteiger partial charge in [-0.25, -0.2) is 0 Å². The van der Waals surface area contributed by atoms with Gasteiger partial charge in [0.25, 0.3) is 0 Å².